The average Bonchev–Trinajstić information content (AvgIpc) is 2.67. The van der Waals surface area contributed by atoms with Crippen LogP contribution < -0.4 is 0 Å². The van der Waals surface area contributed by atoms with Gasteiger partial charge >= 0.3 is 5.97 Å². The Balaban J connectivity index is 2.73. The second-order valence-corrected chi connectivity index (χ2v) is 4.22. The van der Waals surface area contributed by atoms with Crippen LogP contribution in [-0.2, 0) is 0 Å². The number of benzene rings is 1. The number of nitro groups is 1. The van der Waals surface area contributed by atoms with E-state index >= 15 is 0 Å². The monoisotopic (exact) mass is 279 g/mol. The number of carboxylic acids is 1. The Kier molecular flexibility index (Phi) is 3.23. The number of aromatic carboxylic acids is 1. The minimum atomic E-state index is -1.50. The van der Waals surface area contributed by atoms with Crippen molar-refractivity contribution in [3.63, 3.8) is 0 Å². The second kappa shape index (κ2) is 4.72. The van der Waals surface area contributed by atoms with E-state index in [2.05, 4.69) is 5.10 Å². The lowest BCUT2D eigenvalue weighted by Gasteiger charge is -2.07. The van der Waals surface area contributed by atoms with Crippen molar-refractivity contribution in [2.75, 3.05) is 0 Å². The predicted octanol–water partition coefficient (Wildman–Crippen LogP) is 2.23. The molecule has 2 rings (SSSR count). The van der Waals surface area contributed by atoms with Crippen LogP contribution in [0.4, 0.5) is 10.1 Å². The van der Waals surface area contributed by atoms with E-state index in [1.54, 1.807) is 19.9 Å². The Morgan fingerprint density at radius 2 is 2.05 bits per heavy atom. The molecule has 0 fully saturated rings. The molecule has 1 N–H and O–H groups in total. The van der Waals surface area contributed by atoms with Crippen molar-refractivity contribution in [2.24, 2.45) is 0 Å². The molecule has 1 heterocycles. The number of aromatic nitrogens is 2. The Labute approximate surface area is 112 Å². The lowest BCUT2D eigenvalue weighted by atomic mass is 10.1. The van der Waals surface area contributed by atoms with Crippen molar-refractivity contribution in [1.29, 1.82) is 0 Å². The van der Waals surface area contributed by atoms with Crippen LogP contribution in [0.5, 0.6) is 0 Å². The molecule has 0 radical (unpaired) electrons. The minimum Gasteiger partial charge on any atom is -0.477 e. The summed E-state index contributed by atoms with van der Waals surface area (Å²) in [4.78, 5) is 20.9. The van der Waals surface area contributed by atoms with Gasteiger partial charge in [-0.25, -0.2) is 13.9 Å². The third kappa shape index (κ3) is 2.22. The summed E-state index contributed by atoms with van der Waals surface area (Å²) >= 11 is 0. The van der Waals surface area contributed by atoms with Crippen molar-refractivity contribution < 1.29 is 19.2 Å². The van der Waals surface area contributed by atoms with Crippen LogP contribution in [0.1, 0.15) is 21.7 Å². The molecule has 0 aliphatic rings. The normalized spacial score (nSPS) is 10.6. The summed E-state index contributed by atoms with van der Waals surface area (Å²) in [5, 5.41) is 23.8. The molecule has 2 aromatic rings. The molecule has 1 aromatic heterocycles. The molecular formula is C12H10FN3O4. The highest BCUT2D eigenvalue weighted by Crippen LogP contribution is 2.26. The molecule has 0 aliphatic heterocycles. The predicted molar refractivity (Wildman–Crippen MR) is 66.6 cm³/mol. The molecule has 0 saturated carbocycles. The van der Waals surface area contributed by atoms with Crippen LogP contribution in [0.3, 0.4) is 0 Å². The molecular weight excluding hydrogens is 269 g/mol. The van der Waals surface area contributed by atoms with Crippen LogP contribution in [0.2, 0.25) is 0 Å². The zero-order chi connectivity index (χ0) is 15.0. The Hall–Kier alpha value is -2.77. The third-order valence-corrected chi connectivity index (χ3v) is 2.73. The van der Waals surface area contributed by atoms with Gasteiger partial charge in [-0.3, -0.25) is 10.1 Å². The fourth-order valence-corrected chi connectivity index (χ4v) is 1.91. The lowest BCUT2D eigenvalue weighted by molar-refractivity contribution is -0.385. The fraction of sp³-hybridized carbons (Fsp3) is 0.167. The van der Waals surface area contributed by atoms with E-state index in [0.717, 1.165) is 6.07 Å². The van der Waals surface area contributed by atoms with E-state index in [0.29, 0.717) is 17.5 Å². The maximum atomic E-state index is 14.0. The summed E-state index contributed by atoms with van der Waals surface area (Å²) < 4.78 is 15.2. The molecule has 7 nitrogen and oxygen atoms in total. The number of hydrogen-bond donors (Lipinski definition) is 1. The highest BCUT2D eigenvalue weighted by Gasteiger charge is 2.24. The first-order chi connectivity index (χ1) is 9.31. The first kappa shape index (κ1) is 13.7. The van der Waals surface area contributed by atoms with Gasteiger partial charge in [-0.05, 0) is 26.0 Å². The molecule has 0 saturated heterocycles. The van der Waals surface area contributed by atoms with Crippen molar-refractivity contribution in [2.45, 2.75) is 13.8 Å². The maximum absolute atomic E-state index is 14.0. The lowest BCUT2D eigenvalue weighted by Crippen LogP contribution is -2.08. The molecule has 0 atom stereocenters. The van der Waals surface area contributed by atoms with E-state index in [-0.39, 0.29) is 5.69 Å². The quantitative estimate of drug-likeness (QED) is 0.686. The van der Waals surface area contributed by atoms with Crippen LogP contribution in [0.25, 0.3) is 5.69 Å². The van der Waals surface area contributed by atoms with E-state index < -0.39 is 28.0 Å². The van der Waals surface area contributed by atoms with Gasteiger partial charge in [0.25, 0.3) is 5.69 Å². The number of aryl methyl sites for hydroxylation is 2. The first-order valence-corrected chi connectivity index (χ1v) is 5.56. The average molecular weight is 279 g/mol. The van der Waals surface area contributed by atoms with Crippen molar-refractivity contribution in [3.05, 3.63) is 51.1 Å². The molecule has 0 bridgehead atoms. The van der Waals surface area contributed by atoms with Gasteiger partial charge in [0.05, 0.1) is 16.7 Å². The summed E-state index contributed by atoms with van der Waals surface area (Å²) in [6.45, 7) is 3.37. The fourth-order valence-electron chi connectivity index (χ4n) is 1.91. The van der Waals surface area contributed by atoms with Crippen LogP contribution in [-0.4, -0.2) is 25.8 Å². The van der Waals surface area contributed by atoms with Crippen molar-refractivity contribution >= 4 is 11.7 Å². The topological polar surface area (TPSA) is 98.3 Å². The van der Waals surface area contributed by atoms with Gasteiger partial charge in [0.2, 0.25) is 0 Å². The van der Waals surface area contributed by atoms with Gasteiger partial charge in [0.1, 0.15) is 11.3 Å². The highest BCUT2D eigenvalue weighted by atomic mass is 19.1. The van der Waals surface area contributed by atoms with Gasteiger partial charge < -0.3 is 5.11 Å². The number of nitro benzene ring substituents is 1. The molecule has 20 heavy (non-hydrogen) atoms. The molecule has 1 aromatic carbocycles. The number of carboxylic acid groups (broad SMARTS) is 1. The Morgan fingerprint density at radius 1 is 1.40 bits per heavy atom. The zero-order valence-electron chi connectivity index (χ0n) is 10.6. The molecule has 0 spiro atoms. The van der Waals surface area contributed by atoms with Crippen LogP contribution in [0, 0.1) is 29.8 Å². The summed E-state index contributed by atoms with van der Waals surface area (Å²) in [6, 6.07) is 3.19. The first-order valence-electron chi connectivity index (χ1n) is 5.56. The Morgan fingerprint density at radius 3 is 2.50 bits per heavy atom. The van der Waals surface area contributed by atoms with Crippen LogP contribution >= 0.6 is 0 Å². The van der Waals surface area contributed by atoms with E-state index in [1.165, 1.54) is 4.68 Å². The third-order valence-electron chi connectivity index (χ3n) is 2.73. The van der Waals surface area contributed by atoms with Crippen molar-refractivity contribution in [3.8, 4) is 5.69 Å². The van der Waals surface area contributed by atoms with Gasteiger partial charge in [0.15, 0.2) is 5.82 Å². The van der Waals surface area contributed by atoms with E-state index in [4.69, 9.17) is 5.11 Å². The molecule has 0 amide bonds. The van der Waals surface area contributed by atoms with Crippen LogP contribution in [0.15, 0.2) is 18.2 Å². The van der Waals surface area contributed by atoms with E-state index in [1.807, 2.05) is 0 Å². The number of carbonyl (C=O) groups is 1. The maximum Gasteiger partial charge on any atom is 0.342 e. The molecule has 8 heteroatoms. The zero-order valence-corrected chi connectivity index (χ0v) is 10.6. The summed E-state index contributed by atoms with van der Waals surface area (Å²) in [5.74, 6) is -2.41. The van der Waals surface area contributed by atoms with Crippen molar-refractivity contribution in [1.82, 2.24) is 9.78 Å². The standard InChI is InChI=1S/C12H10FN3O4/c1-6-3-7(2)15(14-6)11-4-8(12(17)18)10(16(19)20)5-9(11)13/h3-5H,1-2H3,(H,17,18). The summed E-state index contributed by atoms with van der Waals surface area (Å²) in [5.41, 5.74) is -0.304. The van der Waals surface area contributed by atoms with E-state index in [9.17, 15) is 19.3 Å². The molecule has 0 unspecified atom stereocenters. The smallest absolute Gasteiger partial charge is 0.342 e. The minimum absolute atomic E-state index is 0.140. The second-order valence-electron chi connectivity index (χ2n) is 4.22. The highest BCUT2D eigenvalue weighted by molar-refractivity contribution is 5.93. The molecule has 104 valence electrons. The number of hydrogen-bond acceptors (Lipinski definition) is 4. The van der Waals surface area contributed by atoms with Gasteiger partial charge in [-0.2, -0.15) is 5.10 Å². The van der Waals surface area contributed by atoms with Gasteiger partial charge in [0, 0.05) is 5.69 Å². The summed E-state index contributed by atoms with van der Waals surface area (Å²) in [7, 11) is 0. The number of halogens is 1. The number of rotatable bonds is 3. The Bertz CT molecular complexity index is 724. The SMILES string of the molecule is Cc1cc(C)n(-c2cc(C(=O)O)c([N+](=O)[O-])cc2F)n1. The largest absolute Gasteiger partial charge is 0.477 e. The summed E-state index contributed by atoms with van der Waals surface area (Å²) in [6.07, 6.45) is 0. The van der Waals surface area contributed by atoms with Gasteiger partial charge in [-0.1, -0.05) is 0 Å². The molecule has 0 aliphatic carbocycles. The number of nitrogens with zero attached hydrogens (tertiary/aromatic N) is 3. The van der Waals surface area contributed by atoms with Gasteiger partial charge in [-0.15, -0.1) is 0 Å².